The number of pyridine rings is 1. The van der Waals surface area contributed by atoms with E-state index in [1.165, 1.54) is 11.1 Å². The van der Waals surface area contributed by atoms with Gasteiger partial charge in [0.1, 0.15) is 5.82 Å². The molecule has 0 radical (unpaired) electrons. The van der Waals surface area contributed by atoms with Crippen LogP contribution < -0.4 is 11.1 Å². The predicted octanol–water partition coefficient (Wildman–Crippen LogP) is 4.30. The van der Waals surface area contributed by atoms with Crippen LogP contribution in [0.1, 0.15) is 43.8 Å². The molecule has 194 valence electrons. The monoisotopic (exact) mass is 508 g/mol. The summed E-state index contributed by atoms with van der Waals surface area (Å²) in [4.78, 5) is 32.3. The number of carbonyl (C=O) groups excluding carboxylic acids is 2. The first-order valence-electron chi connectivity index (χ1n) is 12.7. The lowest BCUT2D eigenvalue weighted by molar-refractivity contribution is 0.0783. The molecular formula is C30H32N6O2. The van der Waals surface area contributed by atoms with Crippen molar-refractivity contribution in [3.8, 4) is 22.3 Å². The first-order valence-corrected chi connectivity index (χ1v) is 12.7. The van der Waals surface area contributed by atoms with Crippen LogP contribution in [0, 0.1) is 20.8 Å². The van der Waals surface area contributed by atoms with Gasteiger partial charge in [0, 0.05) is 55.3 Å². The lowest BCUT2D eigenvalue weighted by Crippen LogP contribution is -2.38. The topological polar surface area (TPSA) is 106 Å². The van der Waals surface area contributed by atoms with Crippen LogP contribution >= 0.6 is 0 Å². The molecule has 8 nitrogen and oxygen atoms in total. The molecule has 0 saturated carbocycles. The van der Waals surface area contributed by atoms with Crippen molar-refractivity contribution < 1.29 is 9.59 Å². The summed E-state index contributed by atoms with van der Waals surface area (Å²) in [7, 11) is 1.83. The van der Waals surface area contributed by atoms with E-state index in [0.717, 1.165) is 27.8 Å². The second-order valence-corrected chi connectivity index (χ2v) is 10.1. The number of nitrogens with one attached hydrogen (secondary N) is 1. The summed E-state index contributed by atoms with van der Waals surface area (Å²) in [5.41, 5.74) is 14.4. The van der Waals surface area contributed by atoms with E-state index < -0.39 is 0 Å². The third kappa shape index (κ3) is 5.02. The second kappa shape index (κ2) is 10.1. The Kier molecular flexibility index (Phi) is 6.72. The highest BCUT2D eigenvalue weighted by Gasteiger charge is 2.29. The zero-order valence-electron chi connectivity index (χ0n) is 22.2. The van der Waals surface area contributed by atoms with Crippen LogP contribution in [0.3, 0.4) is 0 Å². The van der Waals surface area contributed by atoms with Gasteiger partial charge in [-0.05, 0) is 73.2 Å². The fraction of sp³-hybridized carbons (Fsp3) is 0.267. The van der Waals surface area contributed by atoms with Crippen LogP contribution in [0.15, 0.2) is 61.1 Å². The molecule has 1 atom stereocenters. The van der Waals surface area contributed by atoms with Gasteiger partial charge in [-0.2, -0.15) is 5.10 Å². The summed E-state index contributed by atoms with van der Waals surface area (Å²) >= 11 is 0. The molecule has 1 fully saturated rings. The Hall–Kier alpha value is -4.46. The van der Waals surface area contributed by atoms with Crippen LogP contribution in [0.2, 0.25) is 0 Å². The van der Waals surface area contributed by atoms with Crippen LogP contribution in [-0.4, -0.2) is 50.6 Å². The van der Waals surface area contributed by atoms with Gasteiger partial charge in [0.15, 0.2) is 0 Å². The number of amides is 2. The van der Waals surface area contributed by atoms with Crippen molar-refractivity contribution in [2.24, 2.45) is 7.05 Å². The summed E-state index contributed by atoms with van der Waals surface area (Å²) in [6.45, 7) is 7.26. The molecule has 1 aliphatic rings. The number of aryl methyl sites for hydroxylation is 4. The zero-order chi connectivity index (χ0) is 27.0. The number of hydrogen-bond donors (Lipinski definition) is 2. The Bertz CT molecular complexity index is 1540. The Morgan fingerprint density at radius 3 is 2.47 bits per heavy atom. The normalized spacial score (nSPS) is 15.1. The maximum atomic E-state index is 13.3. The van der Waals surface area contributed by atoms with E-state index in [0.29, 0.717) is 30.6 Å². The fourth-order valence-corrected chi connectivity index (χ4v) is 4.92. The number of aromatic nitrogens is 3. The number of hydrogen-bond acceptors (Lipinski definition) is 5. The van der Waals surface area contributed by atoms with E-state index in [9.17, 15) is 9.59 Å². The third-order valence-corrected chi connectivity index (χ3v) is 7.30. The molecule has 2 amide bonds. The van der Waals surface area contributed by atoms with E-state index >= 15 is 0 Å². The van der Waals surface area contributed by atoms with Gasteiger partial charge in [-0.15, -0.1) is 0 Å². The second-order valence-electron chi connectivity index (χ2n) is 10.1. The van der Waals surface area contributed by atoms with Crippen molar-refractivity contribution in [3.05, 3.63) is 88.9 Å². The number of nitrogen functional groups attached to an aromatic ring is 1. The predicted molar refractivity (Wildman–Crippen MR) is 149 cm³/mol. The summed E-state index contributed by atoms with van der Waals surface area (Å²) in [6, 6.07) is 13.9. The van der Waals surface area contributed by atoms with Crippen LogP contribution in [0.4, 0.5) is 5.82 Å². The van der Waals surface area contributed by atoms with Gasteiger partial charge in [-0.25, -0.2) is 4.98 Å². The molecule has 8 heteroatoms. The standard InChI is InChI=1S/C30H32N6O2/c1-18-5-6-21(11-19(18)2)26-8-7-22(12-20(26)3)30(38)36-10-9-25(17-36)34-29(37)27-13-23(14-32-28(27)31)24-15-33-35(4)16-24/h5-8,11-16,25H,9-10,17H2,1-4H3,(H2,31,32)(H,34,37)/t25-/m1/s1. The maximum Gasteiger partial charge on any atom is 0.255 e. The molecule has 4 aromatic rings. The average molecular weight is 509 g/mol. The van der Waals surface area contributed by atoms with Crippen LogP contribution in [-0.2, 0) is 7.05 Å². The number of anilines is 1. The van der Waals surface area contributed by atoms with Crippen molar-refractivity contribution >= 4 is 17.6 Å². The van der Waals surface area contributed by atoms with E-state index in [1.807, 2.05) is 38.4 Å². The van der Waals surface area contributed by atoms with Gasteiger partial charge in [0.05, 0.1) is 11.8 Å². The SMILES string of the molecule is Cc1ccc(-c2ccc(C(=O)N3CC[C@@H](NC(=O)c4cc(-c5cnn(C)c5)cnc4N)C3)cc2C)cc1C. The maximum absolute atomic E-state index is 13.3. The Balaban J connectivity index is 1.25. The summed E-state index contributed by atoms with van der Waals surface area (Å²) < 4.78 is 1.69. The minimum Gasteiger partial charge on any atom is -0.383 e. The fourth-order valence-electron chi connectivity index (χ4n) is 4.92. The lowest BCUT2D eigenvalue weighted by Gasteiger charge is -2.18. The number of likely N-dealkylation sites (tertiary alicyclic amines) is 1. The number of carbonyl (C=O) groups is 2. The third-order valence-electron chi connectivity index (χ3n) is 7.30. The molecule has 1 aliphatic heterocycles. The summed E-state index contributed by atoms with van der Waals surface area (Å²) in [6.07, 6.45) is 5.87. The Morgan fingerprint density at radius 1 is 0.947 bits per heavy atom. The average Bonchev–Trinajstić information content (AvgIpc) is 3.54. The highest BCUT2D eigenvalue weighted by molar-refractivity contribution is 6.00. The van der Waals surface area contributed by atoms with Crippen molar-refractivity contribution in [1.82, 2.24) is 25.0 Å². The van der Waals surface area contributed by atoms with Gasteiger partial charge in [0.2, 0.25) is 0 Å². The lowest BCUT2D eigenvalue weighted by atomic mass is 9.95. The van der Waals surface area contributed by atoms with Gasteiger partial charge in [-0.1, -0.05) is 24.3 Å². The summed E-state index contributed by atoms with van der Waals surface area (Å²) in [5, 5.41) is 7.21. The highest BCUT2D eigenvalue weighted by Crippen LogP contribution is 2.27. The van der Waals surface area contributed by atoms with E-state index in [4.69, 9.17) is 5.73 Å². The number of nitrogens with zero attached hydrogens (tertiary/aromatic N) is 4. The van der Waals surface area contributed by atoms with Crippen LogP contribution in [0.25, 0.3) is 22.3 Å². The van der Waals surface area contributed by atoms with Crippen molar-refractivity contribution in [2.45, 2.75) is 33.2 Å². The van der Waals surface area contributed by atoms with Crippen molar-refractivity contribution in [3.63, 3.8) is 0 Å². The Morgan fingerprint density at radius 2 is 1.76 bits per heavy atom. The first kappa shape index (κ1) is 25.2. The van der Waals surface area contributed by atoms with E-state index in [-0.39, 0.29) is 23.7 Å². The molecule has 0 aliphatic carbocycles. The molecule has 5 rings (SSSR count). The molecule has 3 heterocycles. The number of rotatable bonds is 5. The largest absolute Gasteiger partial charge is 0.383 e. The Labute approximate surface area is 222 Å². The van der Waals surface area contributed by atoms with Crippen molar-refractivity contribution in [2.75, 3.05) is 18.8 Å². The van der Waals surface area contributed by atoms with Gasteiger partial charge in [-0.3, -0.25) is 14.3 Å². The minimum atomic E-state index is -0.298. The quantitative estimate of drug-likeness (QED) is 0.418. The molecule has 0 unspecified atom stereocenters. The van der Waals surface area contributed by atoms with Crippen molar-refractivity contribution in [1.29, 1.82) is 0 Å². The molecule has 2 aromatic heterocycles. The van der Waals surface area contributed by atoms with Gasteiger partial charge < -0.3 is 16.0 Å². The number of benzene rings is 2. The van der Waals surface area contributed by atoms with E-state index in [2.05, 4.69) is 47.4 Å². The highest BCUT2D eigenvalue weighted by atomic mass is 16.2. The minimum absolute atomic E-state index is 0.0313. The molecular weight excluding hydrogens is 476 g/mol. The first-order chi connectivity index (χ1) is 18.2. The number of nitrogens with two attached hydrogens (primary N) is 1. The summed E-state index contributed by atoms with van der Waals surface area (Å²) in [5.74, 6) is -0.162. The molecule has 3 N–H and O–H groups in total. The molecule has 1 saturated heterocycles. The smallest absolute Gasteiger partial charge is 0.255 e. The van der Waals surface area contributed by atoms with Crippen LogP contribution in [0.5, 0.6) is 0 Å². The molecule has 0 bridgehead atoms. The zero-order valence-corrected chi connectivity index (χ0v) is 22.2. The van der Waals surface area contributed by atoms with Gasteiger partial charge >= 0.3 is 0 Å². The molecule has 2 aromatic carbocycles. The molecule has 0 spiro atoms. The van der Waals surface area contributed by atoms with E-state index in [1.54, 1.807) is 28.0 Å². The molecule has 38 heavy (non-hydrogen) atoms. The van der Waals surface area contributed by atoms with Gasteiger partial charge in [0.25, 0.3) is 11.8 Å².